The van der Waals surface area contributed by atoms with Crippen LogP contribution >= 0.6 is 0 Å². The van der Waals surface area contributed by atoms with Gasteiger partial charge in [0, 0.05) is 17.7 Å². The first kappa shape index (κ1) is 20.5. The Morgan fingerprint density at radius 1 is 1.07 bits per heavy atom. The number of rotatable bonds is 9. The van der Waals surface area contributed by atoms with Gasteiger partial charge in [0.05, 0.1) is 4.92 Å². The lowest BCUT2D eigenvalue weighted by Gasteiger charge is -2.11. The van der Waals surface area contributed by atoms with Crippen LogP contribution in [0.4, 0.5) is 5.69 Å². The Bertz CT molecular complexity index is 1070. The number of nitro groups is 1. The fourth-order valence-corrected chi connectivity index (χ4v) is 2.59. The summed E-state index contributed by atoms with van der Waals surface area (Å²) in [7, 11) is 0. The van der Waals surface area contributed by atoms with Gasteiger partial charge in [-0.2, -0.15) is 0 Å². The molecule has 0 unspecified atom stereocenters. The van der Waals surface area contributed by atoms with Crippen molar-refractivity contribution in [3.8, 4) is 11.5 Å². The molecular formula is C22H18N2O6. The average Bonchev–Trinajstić information content (AvgIpc) is 3.11. The van der Waals surface area contributed by atoms with Gasteiger partial charge in [-0.3, -0.25) is 10.1 Å². The van der Waals surface area contributed by atoms with Gasteiger partial charge in [-0.25, -0.2) is 9.79 Å². The van der Waals surface area contributed by atoms with Crippen LogP contribution in [0.5, 0.6) is 11.5 Å². The molecule has 1 heterocycles. The van der Waals surface area contributed by atoms with Crippen molar-refractivity contribution < 1.29 is 23.9 Å². The smallest absolute Gasteiger partial charge is 0.363 e. The molecule has 2 aromatic carbocycles. The molecule has 0 saturated heterocycles. The lowest BCUT2D eigenvalue weighted by atomic mass is 10.1. The highest BCUT2D eigenvalue weighted by molar-refractivity contribution is 6.13. The van der Waals surface area contributed by atoms with E-state index in [9.17, 15) is 14.9 Å². The molecule has 0 aliphatic carbocycles. The van der Waals surface area contributed by atoms with E-state index in [1.165, 1.54) is 24.3 Å². The minimum absolute atomic E-state index is 0.00372. The third kappa shape index (κ3) is 4.79. The summed E-state index contributed by atoms with van der Waals surface area (Å²) >= 11 is 0. The summed E-state index contributed by atoms with van der Waals surface area (Å²) in [5, 5.41) is 11.0. The van der Waals surface area contributed by atoms with Gasteiger partial charge in [-0.15, -0.1) is 0 Å². The summed E-state index contributed by atoms with van der Waals surface area (Å²) in [6.07, 6.45) is 4.75. The molecular weight excluding hydrogens is 388 g/mol. The largest absolute Gasteiger partial charge is 0.486 e. The number of carbonyl (C=O) groups excluding carboxylic acids is 1. The highest BCUT2D eigenvalue weighted by Gasteiger charge is 2.25. The summed E-state index contributed by atoms with van der Waals surface area (Å²) in [4.78, 5) is 26.8. The van der Waals surface area contributed by atoms with E-state index in [1.54, 1.807) is 36.4 Å². The molecule has 1 aliphatic rings. The van der Waals surface area contributed by atoms with Gasteiger partial charge in [0.25, 0.3) is 5.69 Å². The standard InChI is InChI=1S/C22H18N2O6/c1-3-10-28-19-9-8-15(13-20(19)29-11-4-2)12-18-22(25)30-21(23-18)16-6-5-7-17(14-16)24(26)27/h3-9,12-14H,1-2,10-11H2/b18-12+. The van der Waals surface area contributed by atoms with Gasteiger partial charge in [0.15, 0.2) is 17.2 Å². The summed E-state index contributed by atoms with van der Waals surface area (Å²) in [5.41, 5.74) is 0.911. The molecule has 0 radical (unpaired) electrons. The van der Waals surface area contributed by atoms with Gasteiger partial charge in [0.2, 0.25) is 5.90 Å². The van der Waals surface area contributed by atoms with Crippen LogP contribution in [0.3, 0.4) is 0 Å². The van der Waals surface area contributed by atoms with E-state index in [0.29, 0.717) is 29.2 Å². The van der Waals surface area contributed by atoms with Crippen LogP contribution in [-0.2, 0) is 9.53 Å². The fraction of sp³-hybridized carbons (Fsp3) is 0.0909. The Morgan fingerprint density at radius 3 is 2.50 bits per heavy atom. The molecule has 8 heteroatoms. The summed E-state index contributed by atoms with van der Waals surface area (Å²) < 4.78 is 16.4. The molecule has 8 nitrogen and oxygen atoms in total. The molecule has 30 heavy (non-hydrogen) atoms. The minimum atomic E-state index is -0.656. The predicted octanol–water partition coefficient (Wildman–Crippen LogP) is 4.07. The number of hydrogen-bond donors (Lipinski definition) is 0. The number of carbonyl (C=O) groups is 1. The van der Waals surface area contributed by atoms with Crippen molar-refractivity contribution in [3.05, 3.63) is 94.7 Å². The summed E-state index contributed by atoms with van der Waals surface area (Å²) in [6.45, 7) is 7.83. The van der Waals surface area contributed by atoms with Crippen LogP contribution in [0.2, 0.25) is 0 Å². The number of benzene rings is 2. The van der Waals surface area contributed by atoms with Crippen molar-refractivity contribution in [2.45, 2.75) is 0 Å². The van der Waals surface area contributed by atoms with Crippen molar-refractivity contribution >= 4 is 23.6 Å². The third-order valence-corrected chi connectivity index (χ3v) is 3.91. The zero-order chi connectivity index (χ0) is 21.5. The van der Waals surface area contributed by atoms with E-state index < -0.39 is 10.9 Å². The highest BCUT2D eigenvalue weighted by atomic mass is 16.6. The number of hydrogen-bond acceptors (Lipinski definition) is 7. The van der Waals surface area contributed by atoms with E-state index in [-0.39, 0.29) is 23.9 Å². The Kier molecular flexibility index (Phi) is 6.39. The first-order valence-corrected chi connectivity index (χ1v) is 8.90. The molecule has 0 N–H and O–H groups in total. The van der Waals surface area contributed by atoms with Crippen LogP contribution in [0, 0.1) is 10.1 Å². The SMILES string of the molecule is C=CCOc1ccc(/C=C2/N=C(c3cccc([N+](=O)[O-])c3)OC2=O)cc1OCC=C. The lowest BCUT2D eigenvalue weighted by molar-refractivity contribution is -0.384. The van der Waals surface area contributed by atoms with Crippen LogP contribution < -0.4 is 9.47 Å². The predicted molar refractivity (Wildman–Crippen MR) is 112 cm³/mol. The van der Waals surface area contributed by atoms with Crippen LogP contribution in [0.15, 0.2) is 78.5 Å². The molecule has 0 spiro atoms. The van der Waals surface area contributed by atoms with Crippen LogP contribution in [0.1, 0.15) is 11.1 Å². The zero-order valence-corrected chi connectivity index (χ0v) is 15.9. The molecule has 0 saturated carbocycles. The minimum Gasteiger partial charge on any atom is -0.486 e. The first-order valence-electron chi connectivity index (χ1n) is 8.90. The maximum Gasteiger partial charge on any atom is 0.363 e. The molecule has 3 rings (SSSR count). The first-order chi connectivity index (χ1) is 14.5. The molecule has 1 aliphatic heterocycles. The molecule has 0 fully saturated rings. The van der Waals surface area contributed by atoms with Crippen molar-refractivity contribution in [1.82, 2.24) is 0 Å². The van der Waals surface area contributed by atoms with E-state index in [2.05, 4.69) is 18.2 Å². The molecule has 0 amide bonds. The second kappa shape index (κ2) is 9.33. The Morgan fingerprint density at radius 2 is 1.80 bits per heavy atom. The Balaban J connectivity index is 1.90. The monoisotopic (exact) mass is 406 g/mol. The van der Waals surface area contributed by atoms with Crippen molar-refractivity contribution in [1.29, 1.82) is 0 Å². The number of non-ortho nitro benzene ring substituents is 1. The second-order valence-corrected chi connectivity index (χ2v) is 6.05. The third-order valence-electron chi connectivity index (χ3n) is 3.91. The number of ether oxygens (including phenoxy) is 3. The number of nitro benzene ring substituents is 1. The number of esters is 1. The normalized spacial score (nSPS) is 14.1. The van der Waals surface area contributed by atoms with Gasteiger partial charge in [0.1, 0.15) is 13.2 Å². The van der Waals surface area contributed by atoms with Gasteiger partial charge >= 0.3 is 5.97 Å². The summed E-state index contributed by atoms with van der Waals surface area (Å²) in [6, 6.07) is 10.9. The van der Waals surface area contributed by atoms with Crippen molar-refractivity contribution in [2.75, 3.05) is 13.2 Å². The summed E-state index contributed by atoms with van der Waals surface area (Å²) in [5.74, 6) is 0.343. The number of aliphatic imine (C=N–C) groups is 1. The zero-order valence-electron chi connectivity index (χ0n) is 15.9. The van der Waals surface area contributed by atoms with Crippen LogP contribution in [0.25, 0.3) is 6.08 Å². The lowest BCUT2D eigenvalue weighted by Crippen LogP contribution is -2.05. The molecule has 0 aromatic heterocycles. The van der Waals surface area contributed by atoms with E-state index in [1.807, 2.05) is 0 Å². The fourth-order valence-electron chi connectivity index (χ4n) is 2.59. The number of nitrogens with zero attached hydrogens (tertiary/aromatic N) is 2. The highest BCUT2D eigenvalue weighted by Crippen LogP contribution is 2.30. The quantitative estimate of drug-likeness (QED) is 0.205. The van der Waals surface area contributed by atoms with Gasteiger partial charge in [-0.1, -0.05) is 37.4 Å². The molecule has 152 valence electrons. The molecule has 0 atom stereocenters. The molecule has 0 bridgehead atoms. The topological polar surface area (TPSA) is 100 Å². The maximum atomic E-state index is 12.2. The second-order valence-electron chi connectivity index (χ2n) is 6.05. The van der Waals surface area contributed by atoms with Gasteiger partial charge in [-0.05, 0) is 29.8 Å². The van der Waals surface area contributed by atoms with Gasteiger partial charge < -0.3 is 14.2 Å². The maximum absolute atomic E-state index is 12.2. The van der Waals surface area contributed by atoms with Crippen molar-refractivity contribution in [3.63, 3.8) is 0 Å². The van der Waals surface area contributed by atoms with Crippen molar-refractivity contribution in [2.24, 2.45) is 4.99 Å². The Labute approximate surface area is 172 Å². The van der Waals surface area contributed by atoms with Crippen LogP contribution in [-0.4, -0.2) is 30.0 Å². The number of cyclic esters (lactones) is 1. The van der Waals surface area contributed by atoms with E-state index in [0.717, 1.165) is 0 Å². The van der Waals surface area contributed by atoms with E-state index in [4.69, 9.17) is 14.2 Å². The van der Waals surface area contributed by atoms with E-state index >= 15 is 0 Å². The molecule has 2 aromatic rings. The Hall–Kier alpha value is -4.20. The average molecular weight is 406 g/mol.